The first-order valence-corrected chi connectivity index (χ1v) is 8.47. The summed E-state index contributed by atoms with van der Waals surface area (Å²) in [6.07, 6.45) is 3.49. The summed E-state index contributed by atoms with van der Waals surface area (Å²) in [5.41, 5.74) is 1.60. The van der Waals surface area contributed by atoms with Gasteiger partial charge in [0.25, 0.3) is 0 Å². The molecule has 0 fully saturated rings. The summed E-state index contributed by atoms with van der Waals surface area (Å²) >= 11 is 0. The van der Waals surface area contributed by atoms with Gasteiger partial charge in [-0.1, -0.05) is 30.3 Å². The number of halogens is 1. The van der Waals surface area contributed by atoms with E-state index in [1.807, 2.05) is 42.1 Å². The topological polar surface area (TPSA) is 68.2 Å². The number of amides is 2. The van der Waals surface area contributed by atoms with Crippen molar-refractivity contribution < 1.29 is 13.9 Å². The van der Waals surface area contributed by atoms with Gasteiger partial charge < -0.3 is 19.9 Å². The van der Waals surface area contributed by atoms with Crippen LogP contribution >= 0.6 is 0 Å². The number of carbonyl (C=O) groups excluding carboxylic acids is 1. The van der Waals surface area contributed by atoms with Gasteiger partial charge in [-0.25, -0.2) is 14.2 Å². The molecule has 2 N–H and O–H groups in total. The Hall–Kier alpha value is -3.35. The fourth-order valence-corrected chi connectivity index (χ4v) is 2.81. The number of benzene rings is 2. The molecule has 1 atom stereocenters. The molecule has 0 aliphatic carbocycles. The molecule has 3 aromatic rings. The van der Waals surface area contributed by atoms with Crippen molar-refractivity contribution in [2.75, 3.05) is 7.11 Å². The number of aryl methyl sites for hydroxylation is 1. The summed E-state index contributed by atoms with van der Waals surface area (Å²) in [4.78, 5) is 16.9. The van der Waals surface area contributed by atoms with Crippen LogP contribution in [0.1, 0.15) is 23.0 Å². The fourth-order valence-electron chi connectivity index (χ4n) is 2.81. The number of nitrogens with zero attached hydrogens (tertiary/aromatic N) is 2. The Kier molecular flexibility index (Phi) is 5.71. The lowest BCUT2D eigenvalue weighted by molar-refractivity contribution is 0.237. The molecular weight excluding hydrogens is 347 g/mol. The maximum absolute atomic E-state index is 13.0. The molecule has 6 nitrogen and oxygen atoms in total. The van der Waals surface area contributed by atoms with Crippen LogP contribution in [0.5, 0.6) is 5.75 Å². The predicted molar refractivity (Wildman–Crippen MR) is 99.8 cm³/mol. The van der Waals surface area contributed by atoms with Crippen molar-refractivity contribution in [3.05, 3.63) is 83.7 Å². The molecule has 140 valence electrons. The van der Waals surface area contributed by atoms with Gasteiger partial charge in [0.2, 0.25) is 0 Å². The standard InChI is InChI=1S/C20H21FN4O2/c1-25-12-11-22-19(25)18(16-5-3-4-6-17(16)27-2)24-20(26)23-13-14-7-9-15(21)10-8-14/h3-12,18H,13H2,1-2H3,(H2,23,24,26). The highest BCUT2D eigenvalue weighted by Crippen LogP contribution is 2.28. The maximum atomic E-state index is 13.0. The fraction of sp³-hybridized carbons (Fsp3) is 0.200. The molecule has 2 amide bonds. The van der Waals surface area contributed by atoms with Crippen LogP contribution in [0.25, 0.3) is 0 Å². The van der Waals surface area contributed by atoms with Gasteiger partial charge in [0.1, 0.15) is 23.4 Å². The van der Waals surface area contributed by atoms with E-state index in [0.717, 1.165) is 11.1 Å². The zero-order valence-corrected chi connectivity index (χ0v) is 15.1. The predicted octanol–water partition coefficient (Wildman–Crippen LogP) is 3.16. The number of methoxy groups -OCH3 is 1. The quantitative estimate of drug-likeness (QED) is 0.702. The SMILES string of the molecule is COc1ccccc1C(NC(=O)NCc1ccc(F)cc1)c1nccn1C. The molecule has 3 rings (SSSR count). The van der Waals surface area contributed by atoms with Gasteiger partial charge in [0, 0.05) is 31.5 Å². The first-order valence-electron chi connectivity index (χ1n) is 8.47. The largest absolute Gasteiger partial charge is 0.496 e. The van der Waals surface area contributed by atoms with Crippen LogP contribution in [0.4, 0.5) is 9.18 Å². The molecule has 0 radical (unpaired) electrons. The molecule has 1 heterocycles. The summed E-state index contributed by atoms with van der Waals surface area (Å²) in [6, 6.07) is 12.6. The molecule has 7 heteroatoms. The van der Waals surface area contributed by atoms with Crippen molar-refractivity contribution in [2.24, 2.45) is 7.05 Å². The Labute approximate surface area is 157 Å². The molecule has 0 saturated heterocycles. The third kappa shape index (κ3) is 4.44. The second-order valence-corrected chi connectivity index (χ2v) is 6.02. The molecule has 1 unspecified atom stereocenters. The van der Waals surface area contributed by atoms with E-state index in [9.17, 15) is 9.18 Å². The molecule has 0 aliphatic heterocycles. The second-order valence-electron chi connectivity index (χ2n) is 6.02. The molecule has 27 heavy (non-hydrogen) atoms. The zero-order valence-electron chi connectivity index (χ0n) is 15.1. The average molecular weight is 368 g/mol. The number of carbonyl (C=O) groups is 1. The van der Waals surface area contributed by atoms with Gasteiger partial charge >= 0.3 is 6.03 Å². The molecular formula is C20H21FN4O2. The van der Waals surface area contributed by atoms with Crippen molar-refractivity contribution in [3.63, 3.8) is 0 Å². The van der Waals surface area contributed by atoms with Crippen molar-refractivity contribution >= 4 is 6.03 Å². The summed E-state index contributed by atoms with van der Waals surface area (Å²) in [6.45, 7) is 0.283. The molecule has 1 aromatic heterocycles. The maximum Gasteiger partial charge on any atom is 0.315 e. The first kappa shape index (κ1) is 18.4. The summed E-state index contributed by atoms with van der Waals surface area (Å²) in [5, 5.41) is 5.73. The van der Waals surface area contributed by atoms with Crippen molar-refractivity contribution in [1.82, 2.24) is 20.2 Å². The highest BCUT2D eigenvalue weighted by atomic mass is 19.1. The van der Waals surface area contributed by atoms with E-state index in [0.29, 0.717) is 11.6 Å². The Morgan fingerprint density at radius 3 is 2.63 bits per heavy atom. The number of urea groups is 1. The lowest BCUT2D eigenvalue weighted by atomic mass is 10.0. The highest BCUT2D eigenvalue weighted by molar-refractivity contribution is 5.75. The Morgan fingerprint density at radius 2 is 1.96 bits per heavy atom. The molecule has 0 saturated carbocycles. The summed E-state index contributed by atoms with van der Waals surface area (Å²) in [5.74, 6) is 1.02. The Morgan fingerprint density at radius 1 is 1.22 bits per heavy atom. The average Bonchev–Trinajstić information content (AvgIpc) is 3.11. The van der Waals surface area contributed by atoms with Crippen LogP contribution in [0.2, 0.25) is 0 Å². The first-order chi connectivity index (χ1) is 13.1. The number of aromatic nitrogens is 2. The van der Waals surface area contributed by atoms with Gasteiger partial charge in [0.15, 0.2) is 0 Å². The molecule has 0 spiro atoms. The van der Waals surface area contributed by atoms with Crippen molar-refractivity contribution in [1.29, 1.82) is 0 Å². The summed E-state index contributed by atoms with van der Waals surface area (Å²) in [7, 11) is 3.45. The van der Waals surface area contributed by atoms with E-state index >= 15 is 0 Å². The molecule has 2 aromatic carbocycles. The van der Waals surface area contributed by atoms with Gasteiger partial charge in [-0.05, 0) is 23.8 Å². The van der Waals surface area contributed by atoms with Crippen LogP contribution in [-0.4, -0.2) is 22.7 Å². The monoisotopic (exact) mass is 368 g/mol. The van der Waals surface area contributed by atoms with E-state index in [2.05, 4.69) is 15.6 Å². The van der Waals surface area contributed by atoms with Crippen LogP contribution in [0.3, 0.4) is 0 Å². The van der Waals surface area contributed by atoms with E-state index in [1.165, 1.54) is 12.1 Å². The minimum Gasteiger partial charge on any atom is -0.496 e. The summed E-state index contributed by atoms with van der Waals surface area (Å²) < 4.78 is 20.3. The van der Waals surface area contributed by atoms with Gasteiger partial charge in [-0.2, -0.15) is 0 Å². The number of rotatable bonds is 6. The third-order valence-electron chi connectivity index (χ3n) is 4.21. The zero-order chi connectivity index (χ0) is 19.2. The Balaban J connectivity index is 1.78. The van der Waals surface area contributed by atoms with E-state index in [1.54, 1.807) is 25.4 Å². The van der Waals surface area contributed by atoms with Crippen LogP contribution < -0.4 is 15.4 Å². The number of para-hydroxylation sites is 1. The van der Waals surface area contributed by atoms with E-state index in [4.69, 9.17) is 4.74 Å². The van der Waals surface area contributed by atoms with Gasteiger partial charge in [-0.3, -0.25) is 0 Å². The molecule has 0 aliphatic rings. The smallest absolute Gasteiger partial charge is 0.315 e. The van der Waals surface area contributed by atoms with Crippen LogP contribution in [-0.2, 0) is 13.6 Å². The third-order valence-corrected chi connectivity index (χ3v) is 4.21. The number of hydrogen-bond donors (Lipinski definition) is 2. The highest BCUT2D eigenvalue weighted by Gasteiger charge is 2.23. The van der Waals surface area contributed by atoms with Gasteiger partial charge in [-0.15, -0.1) is 0 Å². The number of nitrogens with one attached hydrogen (secondary N) is 2. The molecule has 0 bridgehead atoms. The number of hydrogen-bond acceptors (Lipinski definition) is 3. The second kappa shape index (κ2) is 8.35. The number of ether oxygens (including phenoxy) is 1. The van der Waals surface area contributed by atoms with Crippen LogP contribution in [0, 0.1) is 5.82 Å². The number of imidazole rings is 1. The lowest BCUT2D eigenvalue weighted by Crippen LogP contribution is -2.39. The minimum absolute atomic E-state index is 0.283. The van der Waals surface area contributed by atoms with Crippen LogP contribution in [0.15, 0.2) is 60.9 Å². The van der Waals surface area contributed by atoms with Gasteiger partial charge in [0.05, 0.1) is 7.11 Å². The Bertz CT molecular complexity index is 908. The van der Waals surface area contributed by atoms with E-state index < -0.39 is 6.04 Å². The van der Waals surface area contributed by atoms with Crippen molar-refractivity contribution in [2.45, 2.75) is 12.6 Å². The van der Waals surface area contributed by atoms with E-state index in [-0.39, 0.29) is 18.4 Å². The lowest BCUT2D eigenvalue weighted by Gasteiger charge is -2.21. The normalized spacial score (nSPS) is 11.7. The van der Waals surface area contributed by atoms with Crippen molar-refractivity contribution in [3.8, 4) is 5.75 Å². The minimum atomic E-state index is -0.491.